The minimum Gasteiger partial charge on any atom is -0.352 e. The van der Waals surface area contributed by atoms with Crippen molar-refractivity contribution in [3.05, 3.63) is 34.9 Å². The highest BCUT2D eigenvalue weighted by atomic mass is 32.2. The van der Waals surface area contributed by atoms with E-state index in [-0.39, 0.29) is 17.9 Å². The third kappa shape index (κ3) is 3.92. The molecule has 0 radical (unpaired) electrons. The lowest BCUT2D eigenvalue weighted by atomic mass is 10.0. The number of hydrogen-bond acceptors (Lipinski definition) is 4. The van der Waals surface area contributed by atoms with Gasteiger partial charge in [-0.15, -0.1) is 11.8 Å². The van der Waals surface area contributed by atoms with Gasteiger partial charge < -0.3 is 15.5 Å². The minimum atomic E-state index is -0.0914. The van der Waals surface area contributed by atoms with Crippen LogP contribution in [0.2, 0.25) is 0 Å². The van der Waals surface area contributed by atoms with Crippen LogP contribution in [0.3, 0.4) is 0 Å². The monoisotopic (exact) mass is 347 g/mol. The second-order valence-corrected chi connectivity index (χ2v) is 7.80. The van der Waals surface area contributed by atoms with Crippen LogP contribution in [0.4, 0.5) is 0 Å². The Morgan fingerprint density at radius 2 is 2.21 bits per heavy atom. The van der Waals surface area contributed by atoms with Crippen molar-refractivity contribution < 1.29 is 9.59 Å². The first-order valence-corrected chi connectivity index (χ1v) is 9.65. The number of amides is 2. The van der Waals surface area contributed by atoms with E-state index in [4.69, 9.17) is 0 Å². The fourth-order valence-electron chi connectivity index (χ4n) is 3.27. The number of nitrogens with one attached hydrogen (secondary N) is 2. The van der Waals surface area contributed by atoms with Crippen LogP contribution in [0.25, 0.3) is 0 Å². The number of carbonyl (C=O) groups is 2. The van der Waals surface area contributed by atoms with Crippen molar-refractivity contribution in [3.63, 3.8) is 0 Å². The molecule has 5 nitrogen and oxygen atoms in total. The van der Waals surface area contributed by atoms with Gasteiger partial charge in [-0.1, -0.05) is 17.7 Å². The second kappa shape index (κ2) is 7.57. The van der Waals surface area contributed by atoms with Gasteiger partial charge >= 0.3 is 0 Å². The molecule has 2 N–H and O–H groups in total. The van der Waals surface area contributed by atoms with E-state index in [1.165, 1.54) is 0 Å². The molecular weight excluding hydrogens is 322 g/mol. The molecule has 2 amide bonds. The van der Waals surface area contributed by atoms with Crippen LogP contribution in [0.15, 0.2) is 18.2 Å². The number of thioether (sulfide) groups is 1. The molecule has 0 spiro atoms. The average Bonchev–Trinajstić information content (AvgIpc) is 3.26. The van der Waals surface area contributed by atoms with Crippen molar-refractivity contribution >= 4 is 23.6 Å². The summed E-state index contributed by atoms with van der Waals surface area (Å²) in [4.78, 5) is 26.7. The van der Waals surface area contributed by atoms with Gasteiger partial charge in [-0.2, -0.15) is 0 Å². The number of benzene rings is 1. The summed E-state index contributed by atoms with van der Waals surface area (Å²) in [5.41, 5.74) is 2.81. The van der Waals surface area contributed by atoms with Crippen molar-refractivity contribution in [1.82, 2.24) is 15.5 Å². The van der Waals surface area contributed by atoms with E-state index >= 15 is 0 Å². The summed E-state index contributed by atoms with van der Waals surface area (Å²) in [6.07, 6.45) is 0.799. The Kier molecular flexibility index (Phi) is 5.46. The summed E-state index contributed by atoms with van der Waals surface area (Å²) in [6, 6.07) is 5.82. The van der Waals surface area contributed by atoms with Gasteiger partial charge in [0.15, 0.2) is 0 Å². The Balaban J connectivity index is 1.50. The molecule has 2 aliphatic rings. The van der Waals surface area contributed by atoms with Crippen LogP contribution < -0.4 is 10.6 Å². The molecule has 2 fully saturated rings. The normalized spacial score (nSPS) is 23.5. The number of carbonyl (C=O) groups excluding carboxylic acids is 2. The zero-order valence-corrected chi connectivity index (χ0v) is 15.1. The summed E-state index contributed by atoms with van der Waals surface area (Å²) < 4.78 is 0. The molecule has 6 heteroatoms. The van der Waals surface area contributed by atoms with Gasteiger partial charge in [0, 0.05) is 31.0 Å². The SMILES string of the molecule is Cc1ccc(C)c(C(=O)NCC2CNC(C(=O)N3CCSC3)C2)c1. The molecule has 1 aromatic carbocycles. The van der Waals surface area contributed by atoms with E-state index in [2.05, 4.69) is 10.6 Å². The fraction of sp³-hybridized carbons (Fsp3) is 0.556. The van der Waals surface area contributed by atoms with E-state index in [9.17, 15) is 9.59 Å². The highest BCUT2D eigenvalue weighted by molar-refractivity contribution is 7.99. The molecule has 0 aliphatic carbocycles. The lowest BCUT2D eigenvalue weighted by Gasteiger charge is -2.19. The van der Waals surface area contributed by atoms with Crippen LogP contribution in [-0.4, -0.2) is 54.0 Å². The average molecular weight is 347 g/mol. The molecule has 0 aromatic heterocycles. The van der Waals surface area contributed by atoms with Crippen LogP contribution in [-0.2, 0) is 4.79 Å². The Morgan fingerprint density at radius 1 is 1.38 bits per heavy atom. The molecule has 2 aliphatic heterocycles. The minimum absolute atomic E-state index is 0.0260. The quantitative estimate of drug-likeness (QED) is 0.867. The number of rotatable bonds is 4. The maximum Gasteiger partial charge on any atom is 0.251 e. The van der Waals surface area contributed by atoms with Crippen LogP contribution >= 0.6 is 11.8 Å². The van der Waals surface area contributed by atoms with Crippen LogP contribution in [0.5, 0.6) is 0 Å². The van der Waals surface area contributed by atoms with E-state index < -0.39 is 0 Å². The van der Waals surface area contributed by atoms with E-state index in [1.54, 1.807) is 11.8 Å². The van der Waals surface area contributed by atoms with Gasteiger partial charge in [0.25, 0.3) is 5.91 Å². The zero-order chi connectivity index (χ0) is 17.1. The lowest BCUT2D eigenvalue weighted by Crippen LogP contribution is -2.42. The van der Waals surface area contributed by atoms with Gasteiger partial charge in [-0.25, -0.2) is 0 Å². The maximum atomic E-state index is 12.4. The van der Waals surface area contributed by atoms with E-state index in [1.807, 2.05) is 36.9 Å². The molecule has 3 rings (SSSR count). The predicted molar refractivity (Wildman–Crippen MR) is 97.2 cm³/mol. The van der Waals surface area contributed by atoms with E-state index in [0.29, 0.717) is 12.5 Å². The molecule has 2 atom stereocenters. The molecule has 2 saturated heterocycles. The summed E-state index contributed by atoms with van der Waals surface area (Å²) in [5, 5.41) is 6.35. The molecule has 1 aromatic rings. The lowest BCUT2D eigenvalue weighted by molar-refractivity contribution is -0.131. The second-order valence-electron chi connectivity index (χ2n) is 6.73. The Hall–Kier alpha value is -1.53. The summed E-state index contributed by atoms with van der Waals surface area (Å²) >= 11 is 1.80. The molecule has 0 saturated carbocycles. The van der Waals surface area contributed by atoms with Crippen LogP contribution in [0, 0.1) is 19.8 Å². The molecule has 2 heterocycles. The van der Waals surface area contributed by atoms with Crippen molar-refractivity contribution in [2.24, 2.45) is 5.92 Å². The highest BCUT2D eigenvalue weighted by Crippen LogP contribution is 2.20. The third-order valence-electron chi connectivity index (χ3n) is 4.77. The first-order chi connectivity index (χ1) is 11.5. The number of nitrogens with zero attached hydrogens (tertiary/aromatic N) is 1. The molecule has 130 valence electrons. The smallest absolute Gasteiger partial charge is 0.251 e. The van der Waals surface area contributed by atoms with Crippen molar-refractivity contribution in [1.29, 1.82) is 0 Å². The van der Waals surface area contributed by atoms with Crippen molar-refractivity contribution in [2.75, 3.05) is 31.3 Å². The molecule has 2 unspecified atom stereocenters. The molecule has 0 bridgehead atoms. The standard InChI is InChI=1S/C18H25N3O2S/c1-12-3-4-13(2)15(7-12)17(22)20-10-14-8-16(19-9-14)18(23)21-5-6-24-11-21/h3-4,7,14,16,19H,5-6,8-11H2,1-2H3,(H,20,22). The maximum absolute atomic E-state index is 12.4. The Bertz CT molecular complexity index is 629. The van der Waals surface area contributed by atoms with Crippen molar-refractivity contribution in [3.8, 4) is 0 Å². The van der Waals surface area contributed by atoms with Gasteiger partial charge in [-0.05, 0) is 37.8 Å². The van der Waals surface area contributed by atoms with Crippen molar-refractivity contribution in [2.45, 2.75) is 26.3 Å². The zero-order valence-electron chi connectivity index (χ0n) is 14.3. The predicted octanol–water partition coefficient (Wildman–Crippen LogP) is 1.54. The first-order valence-electron chi connectivity index (χ1n) is 8.50. The van der Waals surface area contributed by atoms with Gasteiger partial charge in [-0.3, -0.25) is 9.59 Å². The van der Waals surface area contributed by atoms with Crippen LogP contribution in [0.1, 0.15) is 27.9 Å². The Labute approximate surface area is 147 Å². The first kappa shape index (κ1) is 17.3. The van der Waals surface area contributed by atoms with Gasteiger partial charge in [0.2, 0.25) is 5.91 Å². The summed E-state index contributed by atoms with van der Waals surface area (Å²) in [5.74, 6) is 2.34. The largest absolute Gasteiger partial charge is 0.352 e. The highest BCUT2D eigenvalue weighted by Gasteiger charge is 2.33. The summed E-state index contributed by atoms with van der Waals surface area (Å²) in [7, 11) is 0. The number of aryl methyl sites for hydroxylation is 2. The third-order valence-corrected chi connectivity index (χ3v) is 5.74. The number of hydrogen-bond donors (Lipinski definition) is 2. The van der Waals surface area contributed by atoms with Gasteiger partial charge in [0.1, 0.15) is 0 Å². The summed E-state index contributed by atoms with van der Waals surface area (Å²) in [6.45, 7) is 6.19. The fourth-order valence-corrected chi connectivity index (χ4v) is 4.23. The molecular formula is C18H25N3O2S. The van der Waals surface area contributed by atoms with E-state index in [0.717, 1.165) is 47.8 Å². The van der Waals surface area contributed by atoms with Gasteiger partial charge in [0.05, 0.1) is 11.9 Å². The topological polar surface area (TPSA) is 61.4 Å². The molecule has 24 heavy (non-hydrogen) atoms. The Morgan fingerprint density at radius 3 is 2.96 bits per heavy atom.